The summed E-state index contributed by atoms with van der Waals surface area (Å²) < 4.78 is 42.3. The number of aliphatic carboxylic acids is 1. The predicted molar refractivity (Wildman–Crippen MR) is 60.0 cm³/mol. The number of alkyl halides is 3. The quantitative estimate of drug-likeness (QED) is 0.835. The van der Waals surface area contributed by atoms with Gasteiger partial charge in [-0.05, 0) is 24.1 Å². The van der Waals surface area contributed by atoms with Gasteiger partial charge >= 0.3 is 12.1 Å². The second-order valence-corrected chi connectivity index (χ2v) is 3.86. The molecule has 1 aromatic rings. The number of halogens is 3. The molecule has 0 aliphatic rings. The van der Waals surface area contributed by atoms with Crippen LogP contribution >= 0.6 is 0 Å². The van der Waals surface area contributed by atoms with E-state index in [0.29, 0.717) is 6.42 Å². The summed E-state index contributed by atoms with van der Waals surface area (Å²) in [7, 11) is 0. The van der Waals surface area contributed by atoms with Crippen molar-refractivity contribution in [2.75, 3.05) is 6.61 Å². The van der Waals surface area contributed by atoms with Crippen molar-refractivity contribution in [3.05, 3.63) is 29.8 Å². The third kappa shape index (κ3) is 5.17. The van der Waals surface area contributed by atoms with Gasteiger partial charge in [-0.25, -0.2) is 0 Å². The van der Waals surface area contributed by atoms with E-state index in [1.165, 1.54) is 24.3 Å². The lowest BCUT2D eigenvalue weighted by molar-refractivity contribution is -0.200. The van der Waals surface area contributed by atoms with Crippen LogP contribution in [0.2, 0.25) is 0 Å². The molecule has 1 unspecified atom stereocenters. The lowest BCUT2D eigenvalue weighted by Crippen LogP contribution is -2.36. The molecule has 1 rings (SSSR count). The highest BCUT2D eigenvalue weighted by Gasteiger charge is 2.43. The van der Waals surface area contributed by atoms with E-state index >= 15 is 0 Å². The molecule has 0 spiro atoms. The fourth-order valence-corrected chi connectivity index (χ4v) is 1.41. The first kappa shape index (κ1) is 15.3. The van der Waals surface area contributed by atoms with E-state index in [0.717, 1.165) is 5.56 Å². The van der Waals surface area contributed by atoms with Crippen molar-refractivity contribution >= 4 is 5.97 Å². The Labute approximate surface area is 107 Å². The number of hydrogen-bond donors (Lipinski definition) is 2. The molecule has 106 valence electrons. The van der Waals surface area contributed by atoms with Crippen molar-refractivity contribution < 1.29 is 32.9 Å². The number of carbonyl (C=O) groups is 1. The molecule has 1 aromatic carbocycles. The minimum Gasteiger partial charge on any atom is -0.481 e. The molecule has 0 aromatic heterocycles. The number of aliphatic hydroxyl groups is 1. The number of rotatable bonds is 6. The van der Waals surface area contributed by atoms with Crippen LogP contribution in [0.5, 0.6) is 5.75 Å². The van der Waals surface area contributed by atoms with Crippen molar-refractivity contribution in [1.29, 1.82) is 0 Å². The van der Waals surface area contributed by atoms with Crippen LogP contribution in [0.1, 0.15) is 12.0 Å². The van der Waals surface area contributed by atoms with Crippen LogP contribution < -0.4 is 4.74 Å². The Hall–Kier alpha value is -1.76. The zero-order valence-corrected chi connectivity index (χ0v) is 9.85. The number of hydrogen-bond acceptors (Lipinski definition) is 3. The topological polar surface area (TPSA) is 66.8 Å². The molecule has 0 aliphatic carbocycles. The molecule has 4 nitrogen and oxygen atoms in total. The van der Waals surface area contributed by atoms with Crippen LogP contribution in [-0.2, 0) is 11.2 Å². The van der Waals surface area contributed by atoms with Gasteiger partial charge in [0.25, 0.3) is 0 Å². The maximum absolute atomic E-state index is 12.5. The van der Waals surface area contributed by atoms with E-state index in [1.807, 2.05) is 0 Å². The van der Waals surface area contributed by atoms with E-state index in [1.54, 1.807) is 0 Å². The van der Waals surface area contributed by atoms with Crippen molar-refractivity contribution in [3.8, 4) is 5.75 Å². The molecule has 0 saturated carbocycles. The second kappa shape index (κ2) is 6.42. The molecule has 0 fully saturated rings. The largest absolute Gasteiger partial charge is 0.481 e. The van der Waals surface area contributed by atoms with Crippen LogP contribution in [0, 0.1) is 0 Å². The molecule has 0 aliphatic heterocycles. The van der Waals surface area contributed by atoms with Gasteiger partial charge in [0.2, 0.25) is 6.10 Å². The summed E-state index contributed by atoms with van der Waals surface area (Å²) in [5.74, 6) is -1.65. The first-order chi connectivity index (χ1) is 8.82. The van der Waals surface area contributed by atoms with Gasteiger partial charge in [0.05, 0.1) is 6.42 Å². The van der Waals surface area contributed by atoms with Crippen LogP contribution in [-0.4, -0.2) is 35.1 Å². The van der Waals surface area contributed by atoms with Crippen LogP contribution in [0.15, 0.2) is 24.3 Å². The Kier molecular flexibility index (Phi) is 5.17. The van der Waals surface area contributed by atoms with Crippen molar-refractivity contribution in [1.82, 2.24) is 0 Å². The SMILES string of the molecule is O=C(O)CC(Oc1ccc(CCO)cc1)C(F)(F)F. The van der Waals surface area contributed by atoms with E-state index in [9.17, 15) is 18.0 Å². The summed E-state index contributed by atoms with van der Waals surface area (Å²) >= 11 is 0. The number of benzene rings is 1. The van der Waals surface area contributed by atoms with Crippen LogP contribution in [0.25, 0.3) is 0 Å². The first-order valence-corrected chi connectivity index (χ1v) is 5.48. The highest BCUT2D eigenvalue weighted by molar-refractivity contribution is 5.67. The normalized spacial score (nSPS) is 13.1. The van der Waals surface area contributed by atoms with E-state index in [2.05, 4.69) is 4.74 Å². The smallest absolute Gasteiger partial charge is 0.425 e. The van der Waals surface area contributed by atoms with Gasteiger partial charge in [0.15, 0.2) is 0 Å². The van der Waals surface area contributed by atoms with Gasteiger partial charge in [-0.2, -0.15) is 13.2 Å². The average molecular weight is 278 g/mol. The first-order valence-electron chi connectivity index (χ1n) is 5.48. The molecular formula is C12H13F3O4. The molecule has 1 atom stereocenters. The number of carboxylic acids is 1. The standard InChI is InChI=1S/C12H13F3O4/c13-12(14,15)10(7-11(17)18)19-9-3-1-8(2-4-9)5-6-16/h1-4,10,16H,5-7H2,(H,17,18). The monoisotopic (exact) mass is 278 g/mol. The molecule has 7 heteroatoms. The summed E-state index contributed by atoms with van der Waals surface area (Å²) in [5.41, 5.74) is 0.747. The summed E-state index contributed by atoms with van der Waals surface area (Å²) in [6.45, 7) is -0.0651. The van der Waals surface area contributed by atoms with Crippen molar-refractivity contribution in [3.63, 3.8) is 0 Å². The third-order valence-corrected chi connectivity index (χ3v) is 2.33. The number of ether oxygens (including phenoxy) is 1. The molecule has 0 heterocycles. The zero-order valence-electron chi connectivity index (χ0n) is 9.85. The Bertz CT molecular complexity index is 414. The maximum Gasteiger partial charge on any atom is 0.425 e. The van der Waals surface area contributed by atoms with Gasteiger partial charge in [0.1, 0.15) is 5.75 Å². The highest BCUT2D eigenvalue weighted by Crippen LogP contribution is 2.27. The molecule has 0 radical (unpaired) electrons. The van der Waals surface area contributed by atoms with E-state index in [4.69, 9.17) is 10.2 Å². The molecule has 2 N–H and O–H groups in total. The third-order valence-electron chi connectivity index (χ3n) is 2.33. The van der Waals surface area contributed by atoms with Crippen LogP contribution in [0.3, 0.4) is 0 Å². The zero-order chi connectivity index (χ0) is 14.5. The Balaban J connectivity index is 2.76. The summed E-state index contributed by atoms with van der Waals surface area (Å²) in [6.07, 6.45) is -7.89. The summed E-state index contributed by atoms with van der Waals surface area (Å²) in [6, 6.07) is 5.65. The van der Waals surface area contributed by atoms with Gasteiger partial charge < -0.3 is 14.9 Å². The van der Waals surface area contributed by atoms with Gasteiger partial charge in [-0.15, -0.1) is 0 Å². The lowest BCUT2D eigenvalue weighted by atomic mass is 10.1. The molecule has 0 bridgehead atoms. The Morgan fingerprint density at radius 3 is 2.26 bits per heavy atom. The Morgan fingerprint density at radius 2 is 1.84 bits per heavy atom. The Morgan fingerprint density at radius 1 is 1.26 bits per heavy atom. The lowest BCUT2D eigenvalue weighted by Gasteiger charge is -2.20. The molecular weight excluding hydrogens is 265 g/mol. The second-order valence-electron chi connectivity index (χ2n) is 3.86. The predicted octanol–water partition coefficient (Wildman–Crippen LogP) is 2.01. The van der Waals surface area contributed by atoms with E-state index in [-0.39, 0.29) is 12.4 Å². The summed E-state index contributed by atoms with van der Waals surface area (Å²) in [4.78, 5) is 10.4. The van der Waals surface area contributed by atoms with Crippen LogP contribution in [0.4, 0.5) is 13.2 Å². The fourth-order valence-electron chi connectivity index (χ4n) is 1.41. The molecule has 0 saturated heterocycles. The van der Waals surface area contributed by atoms with Gasteiger partial charge in [-0.3, -0.25) is 4.79 Å². The van der Waals surface area contributed by atoms with Crippen molar-refractivity contribution in [2.24, 2.45) is 0 Å². The average Bonchev–Trinajstić information content (AvgIpc) is 2.29. The van der Waals surface area contributed by atoms with Gasteiger partial charge in [0, 0.05) is 6.61 Å². The van der Waals surface area contributed by atoms with E-state index < -0.39 is 24.7 Å². The molecule has 0 amide bonds. The fraction of sp³-hybridized carbons (Fsp3) is 0.417. The molecule has 19 heavy (non-hydrogen) atoms. The minimum atomic E-state index is -4.75. The number of aliphatic hydroxyl groups excluding tert-OH is 1. The van der Waals surface area contributed by atoms with Crippen molar-refractivity contribution in [2.45, 2.75) is 25.1 Å². The summed E-state index contributed by atoms with van der Waals surface area (Å²) in [5, 5.41) is 17.1. The number of carboxylic acid groups (broad SMARTS) is 1. The van der Waals surface area contributed by atoms with Gasteiger partial charge in [-0.1, -0.05) is 12.1 Å². The highest BCUT2D eigenvalue weighted by atomic mass is 19.4. The minimum absolute atomic E-state index is 0.0646. The maximum atomic E-state index is 12.5.